The van der Waals surface area contributed by atoms with Crippen molar-refractivity contribution in [2.24, 2.45) is 5.73 Å². The number of thiophene rings is 1. The summed E-state index contributed by atoms with van der Waals surface area (Å²) in [5.41, 5.74) is 5.22. The molecule has 2 rings (SSSR count). The van der Waals surface area contributed by atoms with E-state index in [2.05, 4.69) is 16.8 Å². The number of hydrogen-bond acceptors (Lipinski definition) is 4. The van der Waals surface area contributed by atoms with Gasteiger partial charge in [-0.3, -0.25) is 14.3 Å². The molecule has 0 unspecified atom stereocenters. The van der Waals surface area contributed by atoms with Crippen LogP contribution in [0.1, 0.15) is 22.2 Å². The summed E-state index contributed by atoms with van der Waals surface area (Å²) in [6, 6.07) is 3.83. The van der Waals surface area contributed by atoms with Gasteiger partial charge in [0.2, 0.25) is 0 Å². The van der Waals surface area contributed by atoms with Crippen LogP contribution in [0.5, 0.6) is 0 Å². The van der Waals surface area contributed by atoms with Crippen LogP contribution in [0.15, 0.2) is 27.9 Å². The molecule has 0 bridgehead atoms. The molecule has 3 N–H and O–H groups in total. The second-order valence-corrected chi connectivity index (χ2v) is 5.34. The monoisotopic (exact) mass is 289 g/mol. The standard InChI is InChI=1S/C14H15N3O2S/c1-2-10-8-17(14(19)16-13(10)18)9-12-6-5-11(20-12)4-3-7-15/h5-6,8H,2,7,9,15H2,1H3,(H,16,18,19). The molecular formula is C14H15N3O2S. The Morgan fingerprint density at radius 3 is 2.90 bits per heavy atom. The summed E-state index contributed by atoms with van der Waals surface area (Å²) in [6.45, 7) is 2.63. The van der Waals surface area contributed by atoms with Crippen LogP contribution in [0.3, 0.4) is 0 Å². The van der Waals surface area contributed by atoms with Crippen molar-refractivity contribution < 1.29 is 0 Å². The van der Waals surface area contributed by atoms with Gasteiger partial charge in [-0.05, 0) is 18.6 Å². The number of aryl methyl sites for hydroxylation is 1. The quantitative estimate of drug-likeness (QED) is 0.808. The molecule has 0 amide bonds. The van der Waals surface area contributed by atoms with Crippen molar-refractivity contribution in [2.45, 2.75) is 19.9 Å². The molecule has 0 aliphatic rings. The van der Waals surface area contributed by atoms with Gasteiger partial charge >= 0.3 is 5.69 Å². The van der Waals surface area contributed by atoms with Gasteiger partial charge in [-0.2, -0.15) is 0 Å². The molecule has 0 radical (unpaired) electrons. The lowest BCUT2D eigenvalue weighted by Gasteiger charge is -2.04. The predicted octanol–water partition coefficient (Wildman–Crippen LogP) is 0.519. The lowest BCUT2D eigenvalue weighted by molar-refractivity contribution is 0.715. The largest absolute Gasteiger partial charge is 0.328 e. The van der Waals surface area contributed by atoms with Crippen molar-refractivity contribution in [3.63, 3.8) is 0 Å². The van der Waals surface area contributed by atoms with E-state index in [1.807, 2.05) is 19.1 Å². The van der Waals surface area contributed by atoms with Gasteiger partial charge in [0.25, 0.3) is 5.56 Å². The Balaban J connectivity index is 2.28. The Bertz CT molecular complexity index is 774. The van der Waals surface area contributed by atoms with Crippen LogP contribution in [0, 0.1) is 11.8 Å². The highest BCUT2D eigenvalue weighted by molar-refractivity contribution is 7.12. The van der Waals surface area contributed by atoms with Gasteiger partial charge < -0.3 is 5.73 Å². The van der Waals surface area contributed by atoms with E-state index in [1.165, 1.54) is 15.9 Å². The topological polar surface area (TPSA) is 80.9 Å². The van der Waals surface area contributed by atoms with E-state index >= 15 is 0 Å². The Hall–Kier alpha value is -2.10. The first-order chi connectivity index (χ1) is 9.63. The van der Waals surface area contributed by atoms with E-state index in [4.69, 9.17) is 5.73 Å². The van der Waals surface area contributed by atoms with Crippen LogP contribution in [0.2, 0.25) is 0 Å². The molecule has 2 aromatic heterocycles. The highest BCUT2D eigenvalue weighted by Gasteiger charge is 2.05. The van der Waals surface area contributed by atoms with E-state index in [1.54, 1.807) is 6.20 Å². The number of H-pyrrole nitrogens is 1. The molecule has 5 nitrogen and oxygen atoms in total. The normalized spacial score (nSPS) is 10.1. The summed E-state index contributed by atoms with van der Waals surface area (Å²) < 4.78 is 1.51. The number of rotatable bonds is 3. The number of nitrogens with two attached hydrogens (primary N) is 1. The molecule has 2 heterocycles. The number of aromatic nitrogens is 2. The smallest absolute Gasteiger partial charge is 0.320 e. The summed E-state index contributed by atoms with van der Waals surface area (Å²) in [5, 5.41) is 0. The number of aromatic amines is 1. The highest BCUT2D eigenvalue weighted by atomic mass is 32.1. The average Bonchev–Trinajstić information content (AvgIpc) is 2.87. The van der Waals surface area contributed by atoms with Gasteiger partial charge in [-0.1, -0.05) is 18.8 Å². The lowest BCUT2D eigenvalue weighted by Crippen LogP contribution is -2.31. The zero-order valence-electron chi connectivity index (χ0n) is 11.1. The first kappa shape index (κ1) is 14.3. The van der Waals surface area contributed by atoms with Crippen LogP contribution >= 0.6 is 11.3 Å². The summed E-state index contributed by atoms with van der Waals surface area (Å²) in [6.07, 6.45) is 2.21. The van der Waals surface area contributed by atoms with Gasteiger partial charge in [0.15, 0.2) is 0 Å². The maximum Gasteiger partial charge on any atom is 0.328 e. The summed E-state index contributed by atoms with van der Waals surface area (Å²) in [4.78, 5) is 27.5. The zero-order valence-corrected chi connectivity index (χ0v) is 11.9. The molecule has 104 valence electrons. The molecular weight excluding hydrogens is 274 g/mol. The van der Waals surface area contributed by atoms with E-state index < -0.39 is 5.69 Å². The van der Waals surface area contributed by atoms with Crippen molar-refractivity contribution in [3.05, 3.63) is 54.5 Å². The molecule has 2 aromatic rings. The van der Waals surface area contributed by atoms with E-state index in [0.29, 0.717) is 25.1 Å². The molecule has 20 heavy (non-hydrogen) atoms. The number of nitrogens with zero attached hydrogens (tertiary/aromatic N) is 1. The SMILES string of the molecule is CCc1cn(Cc2ccc(C#CCN)s2)c(=O)[nH]c1=O. The average molecular weight is 289 g/mol. The summed E-state index contributed by atoms with van der Waals surface area (Å²) in [5.74, 6) is 5.75. The van der Waals surface area contributed by atoms with Crippen molar-refractivity contribution in [2.75, 3.05) is 6.54 Å². The molecule has 0 spiro atoms. The van der Waals surface area contributed by atoms with Crippen LogP contribution in [0.4, 0.5) is 0 Å². The molecule has 0 aromatic carbocycles. The van der Waals surface area contributed by atoms with Crippen LogP contribution in [0.25, 0.3) is 0 Å². The fraction of sp³-hybridized carbons (Fsp3) is 0.286. The molecule has 0 aliphatic carbocycles. The minimum Gasteiger partial charge on any atom is -0.320 e. The maximum absolute atomic E-state index is 11.8. The fourth-order valence-corrected chi connectivity index (χ4v) is 2.64. The van der Waals surface area contributed by atoms with E-state index in [0.717, 1.165) is 9.75 Å². The van der Waals surface area contributed by atoms with Gasteiger partial charge in [-0.15, -0.1) is 11.3 Å². The van der Waals surface area contributed by atoms with Crippen molar-refractivity contribution in [3.8, 4) is 11.8 Å². The Labute approximate surface area is 120 Å². The number of nitrogens with one attached hydrogen (secondary N) is 1. The molecule has 0 saturated heterocycles. The molecule has 0 fully saturated rings. The van der Waals surface area contributed by atoms with Crippen molar-refractivity contribution in [1.82, 2.24) is 9.55 Å². The third-order valence-electron chi connectivity index (χ3n) is 2.77. The fourth-order valence-electron chi connectivity index (χ4n) is 1.76. The summed E-state index contributed by atoms with van der Waals surface area (Å²) >= 11 is 1.51. The molecule has 0 saturated carbocycles. The van der Waals surface area contributed by atoms with Crippen LogP contribution < -0.4 is 17.0 Å². The van der Waals surface area contributed by atoms with Gasteiger partial charge in [0.1, 0.15) is 0 Å². The molecule has 0 atom stereocenters. The molecule has 6 heteroatoms. The van der Waals surface area contributed by atoms with Crippen LogP contribution in [-0.4, -0.2) is 16.1 Å². The van der Waals surface area contributed by atoms with Gasteiger partial charge in [-0.25, -0.2) is 4.79 Å². The van der Waals surface area contributed by atoms with Gasteiger partial charge in [0, 0.05) is 16.6 Å². The minimum atomic E-state index is -0.393. The first-order valence-corrected chi connectivity index (χ1v) is 7.06. The maximum atomic E-state index is 11.8. The predicted molar refractivity (Wildman–Crippen MR) is 80.1 cm³/mol. The summed E-state index contributed by atoms with van der Waals surface area (Å²) in [7, 11) is 0. The second kappa shape index (κ2) is 6.37. The Morgan fingerprint density at radius 2 is 2.20 bits per heavy atom. The molecule has 0 aliphatic heterocycles. The van der Waals surface area contributed by atoms with Crippen molar-refractivity contribution >= 4 is 11.3 Å². The third kappa shape index (κ3) is 3.26. The zero-order chi connectivity index (χ0) is 14.5. The third-order valence-corrected chi connectivity index (χ3v) is 3.75. The highest BCUT2D eigenvalue weighted by Crippen LogP contribution is 2.16. The Morgan fingerprint density at radius 1 is 1.40 bits per heavy atom. The lowest BCUT2D eigenvalue weighted by atomic mass is 10.2. The number of hydrogen-bond donors (Lipinski definition) is 2. The Kier molecular flexibility index (Phi) is 4.56. The van der Waals surface area contributed by atoms with Gasteiger partial charge in [0.05, 0.1) is 18.0 Å². The minimum absolute atomic E-state index is 0.311. The van der Waals surface area contributed by atoms with E-state index in [9.17, 15) is 9.59 Å². The second-order valence-electron chi connectivity index (χ2n) is 4.17. The first-order valence-electron chi connectivity index (χ1n) is 6.24. The van der Waals surface area contributed by atoms with Crippen molar-refractivity contribution in [1.29, 1.82) is 0 Å². The van der Waals surface area contributed by atoms with Crippen LogP contribution in [-0.2, 0) is 13.0 Å². The van der Waals surface area contributed by atoms with E-state index in [-0.39, 0.29) is 5.56 Å².